The van der Waals surface area contributed by atoms with Crippen molar-refractivity contribution in [3.63, 3.8) is 0 Å². The van der Waals surface area contributed by atoms with E-state index in [4.69, 9.17) is 16.7 Å². The summed E-state index contributed by atoms with van der Waals surface area (Å²) in [6, 6.07) is 5.51. The van der Waals surface area contributed by atoms with E-state index in [1.54, 1.807) is 0 Å². The van der Waals surface area contributed by atoms with Crippen molar-refractivity contribution in [2.45, 2.75) is 25.3 Å². The Morgan fingerprint density at radius 2 is 2.19 bits per heavy atom. The van der Waals surface area contributed by atoms with Gasteiger partial charge in [-0.2, -0.15) is 0 Å². The van der Waals surface area contributed by atoms with Gasteiger partial charge in [-0.1, -0.05) is 11.6 Å². The third-order valence-corrected chi connectivity index (χ3v) is 4.03. The van der Waals surface area contributed by atoms with E-state index in [1.807, 2.05) is 18.2 Å². The lowest BCUT2D eigenvalue weighted by molar-refractivity contribution is -0.140. The number of carboxylic acids is 1. The molecule has 0 spiro atoms. The smallest absolute Gasteiger partial charge is 0.310 e. The minimum atomic E-state index is -1.08. The second kappa shape index (κ2) is 5.50. The van der Waals surface area contributed by atoms with Gasteiger partial charge in [-0.25, -0.2) is 0 Å². The van der Waals surface area contributed by atoms with Gasteiger partial charge in [0.25, 0.3) is 0 Å². The number of fused-ring (bicyclic) bond motifs is 3. The standard InChI is InChI=1S/C15H15ClN2O3/c16-8-1-2-12-11(5-8)10-3-4-17-13(15(10)18-12)6-9(19)7-14(20)21/h1-2,5,13,17-18H,3-4,6-7H2,(H,20,21). The molecule has 0 saturated heterocycles. The second-order valence-corrected chi connectivity index (χ2v) is 5.71. The lowest BCUT2D eigenvalue weighted by atomic mass is 9.95. The molecule has 6 heteroatoms. The van der Waals surface area contributed by atoms with Crippen LogP contribution in [0.5, 0.6) is 0 Å². The van der Waals surface area contributed by atoms with Crippen LogP contribution in [0.4, 0.5) is 0 Å². The SMILES string of the molecule is O=C(O)CC(=O)CC1NCCc2c1[nH]c1ccc(Cl)cc21. The summed E-state index contributed by atoms with van der Waals surface area (Å²) in [5.41, 5.74) is 3.13. The molecule has 5 nitrogen and oxygen atoms in total. The predicted octanol–water partition coefficient (Wildman–Crippen LogP) is 2.44. The van der Waals surface area contributed by atoms with Crippen LogP contribution in [0.2, 0.25) is 5.02 Å². The Balaban J connectivity index is 1.93. The minimum absolute atomic E-state index is 0.160. The van der Waals surface area contributed by atoms with Crippen LogP contribution in [0.3, 0.4) is 0 Å². The van der Waals surface area contributed by atoms with E-state index in [1.165, 1.54) is 5.56 Å². The molecule has 2 heterocycles. The van der Waals surface area contributed by atoms with Gasteiger partial charge in [-0.15, -0.1) is 0 Å². The molecular weight excluding hydrogens is 292 g/mol. The molecule has 1 aliphatic heterocycles. The fourth-order valence-electron chi connectivity index (χ4n) is 2.92. The van der Waals surface area contributed by atoms with Crippen LogP contribution in [0.1, 0.15) is 30.1 Å². The van der Waals surface area contributed by atoms with Gasteiger partial charge < -0.3 is 15.4 Å². The number of aromatic nitrogens is 1. The number of aliphatic carboxylic acids is 1. The lowest BCUT2D eigenvalue weighted by Crippen LogP contribution is -2.31. The number of nitrogens with one attached hydrogen (secondary N) is 2. The van der Waals surface area contributed by atoms with Crippen LogP contribution in [0, 0.1) is 0 Å². The molecule has 110 valence electrons. The normalized spacial score (nSPS) is 17.7. The zero-order chi connectivity index (χ0) is 15.0. The Kier molecular flexibility index (Phi) is 3.69. The van der Waals surface area contributed by atoms with E-state index in [2.05, 4.69) is 10.3 Å². The topological polar surface area (TPSA) is 82.2 Å². The maximum atomic E-state index is 11.7. The van der Waals surface area contributed by atoms with Gasteiger partial charge in [-0.05, 0) is 36.7 Å². The molecule has 0 saturated carbocycles. The Bertz CT molecular complexity index is 723. The lowest BCUT2D eigenvalue weighted by Gasteiger charge is -2.23. The van der Waals surface area contributed by atoms with Crippen LogP contribution in [0.15, 0.2) is 18.2 Å². The summed E-state index contributed by atoms with van der Waals surface area (Å²) in [5.74, 6) is -1.36. The van der Waals surface area contributed by atoms with Gasteiger partial charge >= 0.3 is 5.97 Å². The summed E-state index contributed by atoms with van der Waals surface area (Å²) in [7, 11) is 0. The highest BCUT2D eigenvalue weighted by molar-refractivity contribution is 6.31. The van der Waals surface area contributed by atoms with Crippen molar-refractivity contribution in [3.05, 3.63) is 34.5 Å². The zero-order valence-corrected chi connectivity index (χ0v) is 12.0. The Labute approximate surface area is 126 Å². The zero-order valence-electron chi connectivity index (χ0n) is 11.3. The second-order valence-electron chi connectivity index (χ2n) is 5.28. The molecule has 1 aliphatic rings. The summed E-state index contributed by atoms with van der Waals surface area (Å²) in [6.45, 7) is 0.761. The number of benzene rings is 1. The molecule has 0 fully saturated rings. The number of carbonyl (C=O) groups excluding carboxylic acids is 1. The van der Waals surface area contributed by atoms with E-state index >= 15 is 0 Å². The van der Waals surface area contributed by atoms with Crippen molar-refractivity contribution in [1.29, 1.82) is 0 Å². The highest BCUT2D eigenvalue weighted by atomic mass is 35.5. The Hall–Kier alpha value is -1.85. The molecule has 1 aromatic heterocycles. The maximum absolute atomic E-state index is 11.7. The first-order chi connectivity index (χ1) is 10.0. The van der Waals surface area contributed by atoms with E-state index in [9.17, 15) is 9.59 Å². The first-order valence-electron chi connectivity index (χ1n) is 6.81. The molecule has 3 N–H and O–H groups in total. The van der Waals surface area contributed by atoms with E-state index in [0.717, 1.165) is 29.6 Å². The Morgan fingerprint density at radius 3 is 2.95 bits per heavy atom. The summed E-state index contributed by atoms with van der Waals surface area (Å²) in [4.78, 5) is 25.7. The van der Waals surface area contributed by atoms with Crippen molar-refractivity contribution in [3.8, 4) is 0 Å². The van der Waals surface area contributed by atoms with Crippen molar-refractivity contribution in [2.75, 3.05) is 6.54 Å². The fourth-order valence-corrected chi connectivity index (χ4v) is 3.10. The average Bonchev–Trinajstić information content (AvgIpc) is 2.77. The average molecular weight is 307 g/mol. The minimum Gasteiger partial charge on any atom is -0.481 e. The largest absolute Gasteiger partial charge is 0.481 e. The molecule has 0 radical (unpaired) electrons. The Morgan fingerprint density at radius 1 is 1.38 bits per heavy atom. The number of hydrogen-bond donors (Lipinski definition) is 3. The van der Waals surface area contributed by atoms with Crippen LogP contribution in [-0.2, 0) is 16.0 Å². The van der Waals surface area contributed by atoms with Crippen LogP contribution in [0.25, 0.3) is 10.9 Å². The monoisotopic (exact) mass is 306 g/mol. The number of rotatable bonds is 4. The molecule has 0 amide bonds. The number of ketones is 1. The van der Waals surface area contributed by atoms with Crippen molar-refractivity contribution < 1.29 is 14.7 Å². The quantitative estimate of drug-likeness (QED) is 0.758. The van der Waals surface area contributed by atoms with Crippen molar-refractivity contribution >= 4 is 34.3 Å². The predicted molar refractivity (Wildman–Crippen MR) is 79.6 cm³/mol. The number of aromatic amines is 1. The van der Waals surface area contributed by atoms with Gasteiger partial charge in [-0.3, -0.25) is 9.59 Å². The van der Waals surface area contributed by atoms with Gasteiger partial charge in [0.05, 0.1) is 6.04 Å². The number of carbonyl (C=O) groups is 2. The number of halogens is 1. The number of carboxylic acid groups (broad SMARTS) is 1. The number of Topliss-reactive ketones (excluding diaryl/α,β-unsaturated/α-hetero) is 1. The molecular formula is C15H15ClN2O3. The van der Waals surface area contributed by atoms with Crippen LogP contribution >= 0.6 is 11.6 Å². The summed E-state index contributed by atoms with van der Waals surface area (Å²) >= 11 is 6.05. The molecule has 0 bridgehead atoms. The van der Waals surface area contributed by atoms with Gasteiger partial charge in [0, 0.05) is 28.0 Å². The number of hydrogen-bond acceptors (Lipinski definition) is 3. The highest BCUT2D eigenvalue weighted by Crippen LogP contribution is 2.33. The third-order valence-electron chi connectivity index (χ3n) is 3.80. The van der Waals surface area contributed by atoms with Crippen molar-refractivity contribution in [2.24, 2.45) is 0 Å². The number of H-pyrrole nitrogens is 1. The van der Waals surface area contributed by atoms with Crippen molar-refractivity contribution in [1.82, 2.24) is 10.3 Å². The van der Waals surface area contributed by atoms with Crippen LogP contribution in [-0.4, -0.2) is 28.4 Å². The fraction of sp³-hybridized carbons (Fsp3) is 0.333. The highest BCUT2D eigenvalue weighted by Gasteiger charge is 2.26. The first-order valence-corrected chi connectivity index (χ1v) is 7.19. The molecule has 1 aromatic carbocycles. The van der Waals surface area contributed by atoms with E-state index in [-0.39, 0.29) is 18.2 Å². The molecule has 3 rings (SSSR count). The molecule has 1 atom stereocenters. The van der Waals surface area contributed by atoms with E-state index in [0.29, 0.717) is 5.02 Å². The molecule has 2 aromatic rings. The third kappa shape index (κ3) is 2.80. The van der Waals surface area contributed by atoms with E-state index < -0.39 is 12.4 Å². The molecule has 1 unspecified atom stereocenters. The van der Waals surface area contributed by atoms with Gasteiger partial charge in [0.1, 0.15) is 12.2 Å². The maximum Gasteiger partial charge on any atom is 0.310 e. The molecule has 0 aliphatic carbocycles. The summed E-state index contributed by atoms with van der Waals surface area (Å²) < 4.78 is 0. The van der Waals surface area contributed by atoms with Gasteiger partial charge in [0.2, 0.25) is 0 Å². The molecule has 21 heavy (non-hydrogen) atoms. The summed E-state index contributed by atoms with van der Waals surface area (Å²) in [5, 5.41) is 13.7. The first kappa shape index (κ1) is 14.1. The summed E-state index contributed by atoms with van der Waals surface area (Å²) in [6.07, 6.45) is 0.610. The van der Waals surface area contributed by atoms with Gasteiger partial charge in [0.15, 0.2) is 0 Å². The van der Waals surface area contributed by atoms with Crippen LogP contribution < -0.4 is 5.32 Å².